The predicted molar refractivity (Wildman–Crippen MR) is 84.0 cm³/mol. The minimum atomic E-state index is -1.05. The Morgan fingerprint density at radius 1 is 1.53 bits per heavy atom. The quantitative estimate of drug-likeness (QED) is 0.880. The molecule has 1 aromatic rings. The number of aliphatic hydroxyl groups excluding tert-OH is 1. The van der Waals surface area contributed by atoms with Crippen LogP contribution in [0.1, 0.15) is 17.9 Å². The fraction of sp³-hybridized carbons (Fsp3) is 0.333. The van der Waals surface area contributed by atoms with Gasteiger partial charge in [-0.05, 0) is 30.9 Å². The number of amides is 1. The molecule has 0 fully saturated rings. The standard InChI is InChI=1S/C12H13BrN2O2S2/c1-7(16)10(17)15-11(19-12(14-15)18-2)8-3-5-9(13)6-4-8/h3-7,11,16H,1-2H3/t7-,11+/m0/s1. The molecule has 102 valence electrons. The topological polar surface area (TPSA) is 52.9 Å². The van der Waals surface area contributed by atoms with Crippen molar-refractivity contribution in [2.45, 2.75) is 18.4 Å². The Morgan fingerprint density at radius 3 is 2.68 bits per heavy atom. The number of carbonyl (C=O) groups is 1. The fourth-order valence-corrected chi connectivity index (χ4v) is 3.55. The first kappa shape index (κ1) is 14.9. The second kappa shape index (κ2) is 6.30. The Balaban J connectivity index is 2.29. The number of aliphatic hydroxyl groups is 1. The van der Waals surface area contributed by atoms with Gasteiger partial charge in [-0.1, -0.05) is 39.8 Å². The van der Waals surface area contributed by atoms with Gasteiger partial charge in [0.05, 0.1) is 0 Å². The van der Waals surface area contributed by atoms with Crippen molar-refractivity contribution >= 4 is 49.7 Å². The van der Waals surface area contributed by atoms with E-state index >= 15 is 0 Å². The molecule has 2 atom stereocenters. The molecule has 1 heterocycles. The molecule has 0 unspecified atom stereocenters. The van der Waals surface area contributed by atoms with Crippen LogP contribution in [0.3, 0.4) is 0 Å². The van der Waals surface area contributed by atoms with Crippen molar-refractivity contribution in [3.05, 3.63) is 34.3 Å². The zero-order chi connectivity index (χ0) is 14.0. The average Bonchev–Trinajstić information content (AvgIpc) is 2.82. The van der Waals surface area contributed by atoms with Crippen molar-refractivity contribution in [1.29, 1.82) is 0 Å². The Morgan fingerprint density at radius 2 is 2.16 bits per heavy atom. The smallest absolute Gasteiger partial charge is 0.272 e. The maximum Gasteiger partial charge on any atom is 0.272 e. The lowest BCUT2D eigenvalue weighted by molar-refractivity contribution is -0.139. The van der Waals surface area contributed by atoms with Crippen molar-refractivity contribution < 1.29 is 9.90 Å². The number of nitrogens with zero attached hydrogens (tertiary/aromatic N) is 2. The van der Waals surface area contributed by atoms with Crippen LogP contribution in [0.4, 0.5) is 0 Å². The molecule has 0 aliphatic carbocycles. The van der Waals surface area contributed by atoms with E-state index in [-0.39, 0.29) is 11.3 Å². The summed E-state index contributed by atoms with van der Waals surface area (Å²) in [7, 11) is 0. The van der Waals surface area contributed by atoms with E-state index in [1.807, 2.05) is 30.5 Å². The van der Waals surface area contributed by atoms with Crippen LogP contribution in [-0.2, 0) is 4.79 Å². The normalized spacial score (nSPS) is 20.3. The molecule has 0 radical (unpaired) electrons. The Hall–Kier alpha value is -0.500. The first-order valence-corrected chi connectivity index (χ1v) is 8.48. The summed E-state index contributed by atoms with van der Waals surface area (Å²) < 4.78 is 1.81. The van der Waals surface area contributed by atoms with Gasteiger partial charge in [0.25, 0.3) is 5.91 Å². The molecular formula is C12H13BrN2O2S2. The molecule has 2 rings (SSSR count). The Bertz CT molecular complexity index is 505. The molecule has 1 aromatic carbocycles. The van der Waals surface area contributed by atoms with E-state index in [4.69, 9.17) is 0 Å². The van der Waals surface area contributed by atoms with Crippen LogP contribution in [0.15, 0.2) is 33.8 Å². The average molecular weight is 361 g/mol. The van der Waals surface area contributed by atoms with Gasteiger partial charge in [0.15, 0.2) is 4.38 Å². The van der Waals surface area contributed by atoms with Gasteiger partial charge < -0.3 is 5.11 Å². The highest BCUT2D eigenvalue weighted by Gasteiger charge is 2.34. The summed E-state index contributed by atoms with van der Waals surface area (Å²) >= 11 is 6.40. The van der Waals surface area contributed by atoms with E-state index in [2.05, 4.69) is 21.0 Å². The highest BCUT2D eigenvalue weighted by Crippen LogP contribution is 2.42. The summed E-state index contributed by atoms with van der Waals surface area (Å²) in [6, 6.07) is 7.75. The van der Waals surface area contributed by atoms with E-state index in [0.717, 1.165) is 14.4 Å². The summed E-state index contributed by atoms with van der Waals surface area (Å²) in [5, 5.41) is 14.9. The van der Waals surface area contributed by atoms with Crippen LogP contribution in [0.2, 0.25) is 0 Å². The van der Waals surface area contributed by atoms with Crippen molar-refractivity contribution in [2.75, 3.05) is 6.26 Å². The second-order valence-corrected chi connectivity index (χ2v) is 6.99. The first-order valence-electron chi connectivity index (χ1n) is 5.58. The molecule has 0 bridgehead atoms. The van der Waals surface area contributed by atoms with Gasteiger partial charge >= 0.3 is 0 Å². The molecule has 1 N–H and O–H groups in total. The first-order chi connectivity index (χ1) is 9.02. The molecular weight excluding hydrogens is 348 g/mol. The monoisotopic (exact) mass is 360 g/mol. The molecule has 0 saturated carbocycles. The maximum absolute atomic E-state index is 12.0. The Labute approximate surface area is 128 Å². The third-order valence-electron chi connectivity index (χ3n) is 2.54. The minimum Gasteiger partial charge on any atom is -0.383 e. The summed E-state index contributed by atoms with van der Waals surface area (Å²) in [6.45, 7) is 1.46. The Kier molecular flexibility index (Phi) is 4.94. The van der Waals surface area contributed by atoms with Crippen LogP contribution < -0.4 is 0 Å². The largest absolute Gasteiger partial charge is 0.383 e. The van der Waals surface area contributed by atoms with E-state index in [1.54, 1.807) is 0 Å². The number of hydrazone groups is 1. The van der Waals surface area contributed by atoms with Crippen molar-refractivity contribution in [3.8, 4) is 0 Å². The van der Waals surface area contributed by atoms with Crippen molar-refractivity contribution in [3.63, 3.8) is 0 Å². The van der Waals surface area contributed by atoms with Crippen LogP contribution in [-0.4, -0.2) is 32.8 Å². The van der Waals surface area contributed by atoms with Crippen molar-refractivity contribution in [2.24, 2.45) is 5.10 Å². The number of rotatable bonds is 2. The van der Waals surface area contributed by atoms with Gasteiger partial charge in [0.2, 0.25) is 0 Å². The number of carbonyl (C=O) groups excluding carboxylic acids is 1. The van der Waals surface area contributed by atoms with Crippen LogP contribution in [0.5, 0.6) is 0 Å². The lowest BCUT2D eigenvalue weighted by Gasteiger charge is -2.22. The summed E-state index contributed by atoms with van der Waals surface area (Å²) in [6.07, 6.45) is 0.865. The SMILES string of the molecule is CSC1=NN(C(=O)[C@H](C)O)[C@@H](c2ccc(Br)cc2)S1. The zero-order valence-corrected chi connectivity index (χ0v) is 13.6. The van der Waals surface area contributed by atoms with Crippen molar-refractivity contribution in [1.82, 2.24) is 5.01 Å². The molecule has 0 spiro atoms. The van der Waals surface area contributed by atoms with Crippen LogP contribution in [0, 0.1) is 0 Å². The van der Waals surface area contributed by atoms with Gasteiger partial charge in [-0.25, -0.2) is 5.01 Å². The number of hydrogen-bond donors (Lipinski definition) is 1. The summed E-state index contributed by atoms with van der Waals surface area (Å²) in [4.78, 5) is 12.0. The van der Waals surface area contributed by atoms with E-state index in [1.165, 1.54) is 35.5 Å². The number of hydrogen-bond acceptors (Lipinski definition) is 5. The van der Waals surface area contributed by atoms with Crippen LogP contribution in [0.25, 0.3) is 0 Å². The zero-order valence-electron chi connectivity index (χ0n) is 10.4. The molecule has 1 aliphatic heterocycles. The molecule has 7 heteroatoms. The number of thioether (sulfide) groups is 2. The molecule has 19 heavy (non-hydrogen) atoms. The molecule has 4 nitrogen and oxygen atoms in total. The van der Waals surface area contributed by atoms with Gasteiger partial charge in [0, 0.05) is 4.47 Å². The van der Waals surface area contributed by atoms with Gasteiger partial charge in [-0.15, -0.1) is 11.8 Å². The minimum absolute atomic E-state index is 0.211. The summed E-state index contributed by atoms with van der Waals surface area (Å²) in [5.41, 5.74) is 0.981. The lowest BCUT2D eigenvalue weighted by atomic mass is 10.2. The third kappa shape index (κ3) is 3.34. The highest BCUT2D eigenvalue weighted by molar-refractivity contribution is 9.10. The molecule has 1 amide bonds. The van der Waals surface area contributed by atoms with E-state index < -0.39 is 6.10 Å². The van der Waals surface area contributed by atoms with E-state index in [9.17, 15) is 9.90 Å². The number of halogens is 1. The molecule has 0 saturated heterocycles. The molecule has 1 aliphatic rings. The summed E-state index contributed by atoms with van der Waals surface area (Å²) in [5.74, 6) is -0.385. The third-order valence-corrected chi connectivity index (χ3v) is 5.26. The van der Waals surface area contributed by atoms with Gasteiger partial charge in [0.1, 0.15) is 11.5 Å². The fourth-order valence-electron chi connectivity index (χ4n) is 1.59. The predicted octanol–water partition coefficient (Wildman–Crippen LogP) is 3.04. The maximum atomic E-state index is 12.0. The molecule has 0 aromatic heterocycles. The number of benzene rings is 1. The second-order valence-electron chi connectivity index (χ2n) is 3.95. The lowest BCUT2D eigenvalue weighted by Crippen LogP contribution is -2.33. The van der Waals surface area contributed by atoms with Crippen LogP contribution >= 0.6 is 39.5 Å². The highest BCUT2D eigenvalue weighted by atomic mass is 79.9. The van der Waals surface area contributed by atoms with Gasteiger partial charge in [-0.2, -0.15) is 5.10 Å². The van der Waals surface area contributed by atoms with Gasteiger partial charge in [-0.3, -0.25) is 4.79 Å². The van der Waals surface area contributed by atoms with E-state index in [0.29, 0.717) is 0 Å².